The van der Waals surface area contributed by atoms with E-state index in [1.165, 1.54) is 4.90 Å². The van der Waals surface area contributed by atoms with Gasteiger partial charge in [-0.25, -0.2) is 4.79 Å². The molecular formula is C11H22N2O2S. The highest BCUT2D eigenvalue weighted by Crippen LogP contribution is 2.10. The second kappa shape index (κ2) is 6.78. The van der Waals surface area contributed by atoms with Crippen LogP contribution in [0.5, 0.6) is 0 Å². The predicted molar refractivity (Wildman–Crippen MR) is 70.4 cm³/mol. The fourth-order valence-electron chi connectivity index (χ4n) is 0.963. The van der Waals surface area contributed by atoms with Crippen molar-refractivity contribution < 1.29 is 9.53 Å². The van der Waals surface area contributed by atoms with E-state index in [9.17, 15) is 4.79 Å². The number of carbonyl (C=O) groups excluding carboxylic acids is 1. The van der Waals surface area contributed by atoms with Crippen molar-refractivity contribution in [2.24, 2.45) is 4.99 Å². The zero-order valence-electron chi connectivity index (χ0n) is 11.0. The highest BCUT2D eigenvalue weighted by molar-refractivity contribution is 8.13. The topological polar surface area (TPSA) is 41.9 Å². The molecule has 0 heterocycles. The van der Waals surface area contributed by atoms with E-state index in [2.05, 4.69) is 4.99 Å². The number of hydrogen-bond acceptors (Lipinski definition) is 4. The molecule has 0 bridgehead atoms. The summed E-state index contributed by atoms with van der Waals surface area (Å²) in [5, 5.41) is 0.941. The third-order valence-corrected chi connectivity index (χ3v) is 2.38. The molecule has 0 saturated heterocycles. The Hall–Kier alpha value is -0.710. The first-order chi connectivity index (χ1) is 7.30. The number of aliphatic imine (C=N–C) groups is 1. The Morgan fingerprint density at radius 2 is 2.00 bits per heavy atom. The first-order valence-corrected chi connectivity index (χ1v) is 6.54. The smallest absolute Gasteiger partial charge is 0.410 e. The fourth-order valence-corrected chi connectivity index (χ4v) is 1.54. The van der Waals surface area contributed by atoms with Gasteiger partial charge in [0.25, 0.3) is 0 Å². The van der Waals surface area contributed by atoms with Gasteiger partial charge in [0.1, 0.15) is 5.60 Å². The summed E-state index contributed by atoms with van der Waals surface area (Å²) in [5.74, 6) is 0. The predicted octanol–water partition coefficient (Wildman–Crippen LogP) is 2.63. The summed E-state index contributed by atoms with van der Waals surface area (Å²) in [4.78, 5) is 17.5. The molecule has 1 amide bonds. The molecule has 5 heteroatoms. The third-order valence-electron chi connectivity index (χ3n) is 1.65. The van der Waals surface area contributed by atoms with Crippen molar-refractivity contribution in [1.82, 2.24) is 4.90 Å². The highest BCUT2D eigenvalue weighted by Gasteiger charge is 2.20. The quantitative estimate of drug-likeness (QED) is 0.568. The van der Waals surface area contributed by atoms with Crippen LogP contribution in [0.4, 0.5) is 4.79 Å². The first-order valence-electron chi connectivity index (χ1n) is 5.31. The minimum Gasteiger partial charge on any atom is -0.444 e. The average molecular weight is 246 g/mol. The van der Waals surface area contributed by atoms with Gasteiger partial charge in [0, 0.05) is 13.6 Å². The standard InChI is InChI=1S/C11H22N2O2S/c1-7-12-9(16-6)8-13(5)10(14)15-11(2,3)4/h7-8H2,1-6H3. The van der Waals surface area contributed by atoms with Crippen LogP contribution in [-0.4, -0.2) is 48.0 Å². The number of carbonyl (C=O) groups is 1. The van der Waals surface area contributed by atoms with Crippen molar-refractivity contribution in [2.75, 3.05) is 26.4 Å². The van der Waals surface area contributed by atoms with Gasteiger partial charge in [-0.2, -0.15) is 0 Å². The van der Waals surface area contributed by atoms with Crippen LogP contribution in [0.2, 0.25) is 0 Å². The van der Waals surface area contributed by atoms with E-state index < -0.39 is 5.60 Å². The Morgan fingerprint density at radius 3 is 2.38 bits per heavy atom. The average Bonchev–Trinajstić information content (AvgIpc) is 2.14. The molecule has 0 unspecified atom stereocenters. The normalized spacial score (nSPS) is 12.5. The number of hydrogen-bond donors (Lipinski definition) is 0. The van der Waals surface area contributed by atoms with Gasteiger partial charge in [0.05, 0.1) is 11.6 Å². The first kappa shape index (κ1) is 15.3. The van der Waals surface area contributed by atoms with Crippen molar-refractivity contribution >= 4 is 22.9 Å². The van der Waals surface area contributed by atoms with Gasteiger partial charge in [-0.1, -0.05) is 0 Å². The molecule has 0 aromatic rings. The maximum atomic E-state index is 11.7. The van der Waals surface area contributed by atoms with Gasteiger partial charge in [-0.15, -0.1) is 11.8 Å². The molecule has 0 aromatic carbocycles. The largest absolute Gasteiger partial charge is 0.444 e. The number of rotatable bonds is 3. The molecule has 16 heavy (non-hydrogen) atoms. The van der Waals surface area contributed by atoms with Gasteiger partial charge >= 0.3 is 6.09 Å². The lowest BCUT2D eigenvalue weighted by atomic mass is 10.2. The lowest BCUT2D eigenvalue weighted by Crippen LogP contribution is -2.36. The maximum absolute atomic E-state index is 11.7. The van der Waals surface area contributed by atoms with Crippen LogP contribution in [0.15, 0.2) is 4.99 Å². The molecule has 0 radical (unpaired) electrons. The Morgan fingerprint density at radius 1 is 1.44 bits per heavy atom. The lowest BCUT2D eigenvalue weighted by molar-refractivity contribution is 0.0325. The zero-order valence-corrected chi connectivity index (χ0v) is 11.8. The molecule has 0 atom stereocenters. The summed E-state index contributed by atoms with van der Waals surface area (Å²) in [6.07, 6.45) is 1.64. The highest BCUT2D eigenvalue weighted by atomic mass is 32.2. The second-order valence-electron chi connectivity index (χ2n) is 4.41. The van der Waals surface area contributed by atoms with Crippen molar-refractivity contribution in [1.29, 1.82) is 0 Å². The monoisotopic (exact) mass is 246 g/mol. The summed E-state index contributed by atoms with van der Waals surface area (Å²) >= 11 is 1.56. The number of nitrogens with zero attached hydrogens (tertiary/aromatic N) is 2. The molecule has 0 spiro atoms. The number of ether oxygens (including phenoxy) is 1. The molecule has 0 aliphatic heterocycles. The van der Waals surface area contributed by atoms with Gasteiger partial charge < -0.3 is 9.64 Å². The molecule has 0 N–H and O–H groups in total. The van der Waals surface area contributed by atoms with E-state index in [0.717, 1.165) is 11.6 Å². The molecule has 0 aromatic heterocycles. The summed E-state index contributed by atoms with van der Waals surface area (Å²) in [7, 11) is 1.72. The van der Waals surface area contributed by atoms with E-state index in [1.807, 2.05) is 34.0 Å². The minimum atomic E-state index is -0.452. The van der Waals surface area contributed by atoms with E-state index in [-0.39, 0.29) is 6.09 Å². The van der Waals surface area contributed by atoms with Crippen LogP contribution in [-0.2, 0) is 4.74 Å². The van der Waals surface area contributed by atoms with Crippen LogP contribution in [0.3, 0.4) is 0 Å². The van der Waals surface area contributed by atoms with Crippen molar-refractivity contribution in [3.8, 4) is 0 Å². The van der Waals surface area contributed by atoms with Crippen molar-refractivity contribution in [3.05, 3.63) is 0 Å². The summed E-state index contributed by atoms with van der Waals surface area (Å²) < 4.78 is 5.25. The van der Waals surface area contributed by atoms with Crippen LogP contribution in [0.1, 0.15) is 27.7 Å². The number of thioether (sulfide) groups is 1. The van der Waals surface area contributed by atoms with E-state index in [1.54, 1.807) is 18.8 Å². The lowest BCUT2D eigenvalue weighted by Gasteiger charge is -2.24. The van der Waals surface area contributed by atoms with Gasteiger partial charge in [0.2, 0.25) is 0 Å². The molecule has 0 aliphatic carbocycles. The van der Waals surface area contributed by atoms with E-state index in [0.29, 0.717) is 6.54 Å². The van der Waals surface area contributed by atoms with Gasteiger partial charge in [-0.3, -0.25) is 4.99 Å². The van der Waals surface area contributed by atoms with Crippen molar-refractivity contribution in [2.45, 2.75) is 33.3 Å². The second-order valence-corrected chi connectivity index (χ2v) is 5.29. The van der Waals surface area contributed by atoms with Crippen LogP contribution in [0, 0.1) is 0 Å². The zero-order chi connectivity index (χ0) is 12.8. The van der Waals surface area contributed by atoms with E-state index in [4.69, 9.17) is 4.74 Å². The molecule has 0 rings (SSSR count). The van der Waals surface area contributed by atoms with E-state index >= 15 is 0 Å². The number of amides is 1. The molecule has 0 aliphatic rings. The van der Waals surface area contributed by atoms with Crippen LogP contribution >= 0.6 is 11.8 Å². The summed E-state index contributed by atoms with van der Waals surface area (Å²) in [5.41, 5.74) is -0.452. The molecule has 4 nitrogen and oxygen atoms in total. The van der Waals surface area contributed by atoms with Crippen LogP contribution in [0.25, 0.3) is 0 Å². The maximum Gasteiger partial charge on any atom is 0.410 e. The summed E-state index contributed by atoms with van der Waals surface area (Å²) in [6.45, 7) is 8.78. The third kappa shape index (κ3) is 6.71. The molecule has 94 valence electrons. The molecule has 0 saturated carbocycles. The van der Waals surface area contributed by atoms with Crippen LogP contribution < -0.4 is 0 Å². The molecular weight excluding hydrogens is 224 g/mol. The Bertz CT molecular complexity index is 259. The summed E-state index contributed by atoms with van der Waals surface area (Å²) in [6, 6.07) is 0. The van der Waals surface area contributed by atoms with Crippen molar-refractivity contribution in [3.63, 3.8) is 0 Å². The Balaban J connectivity index is 4.29. The fraction of sp³-hybridized carbons (Fsp3) is 0.818. The van der Waals surface area contributed by atoms with Gasteiger partial charge in [-0.05, 0) is 34.0 Å². The SMILES string of the molecule is CCN=C(CN(C)C(=O)OC(C)(C)C)SC. The Kier molecular flexibility index (Phi) is 6.48. The minimum absolute atomic E-state index is 0.314. The van der Waals surface area contributed by atoms with Gasteiger partial charge in [0.15, 0.2) is 0 Å². The molecule has 0 fully saturated rings. The Labute approximate surface area is 102 Å².